The van der Waals surface area contributed by atoms with Crippen LogP contribution in [0.2, 0.25) is 0 Å². The predicted molar refractivity (Wildman–Crippen MR) is 48.1 cm³/mol. The van der Waals surface area contributed by atoms with Crippen LogP contribution < -0.4 is 10.6 Å². The minimum Gasteiger partial charge on any atom is -0.382 e. The fraction of sp³-hybridized carbons (Fsp3) is 0.750. The van der Waals surface area contributed by atoms with Gasteiger partial charge in [0.1, 0.15) is 6.04 Å². The van der Waals surface area contributed by atoms with E-state index in [1.54, 1.807) is 0 Å². The van der Waals surface area contributed by atoms with Gasteiger partial charge in [-0.2, -0.15) is 0 Å². The van der Waals surface area contributed by atoms with Crippen LogP contribution in [0.5, 0.6) is 0 Å². The van der Waals surface area contributed by atoms with Gasteiger partial charge >= 0.3 is 0 Å². The lowest BCUT2D eigenvalue weighted by Crippen LogP contribution is -2.48. The van der Waals surface area contributed by atoms with E-state index in [1.807, 2.05) is 13.8 Å². The summed E-state index contributed by atoms with van der Waals surface area (Å²) in [4.78, 5) is 21.5. The maximum atomic E-state index is 11.3. The third-order valence-corrected chi connectivity index (χ3v) is 1.35. The summed E-state index contributed by atoms with van der Waals surface area (Å²) >= 11 is 0. The Hall–Kier alpha value is -1.10. The topological polar surface area (TPSA) is 67.4 Å². The first-order valence-corrected chi connectivity index (χ1v) is 4.10. The summed E-state index contributed by atoms with van der Waals surface area (Å²) in [6.45, 7) is 3.88. The van der Waals surface area contributed by atoms with E-state index in [0.717, 1.165) is 0 Å². The molecule has 1 unspecified atom stereocenters. The first-order valence-electron chi connectivity index (χ1n) is 4.10. The Balaban J connectivity index is 4.02. The number of hydrogen-bond acceptors (Lipinski definition) is 3. The van der Waals surface area contributed by atoms with Gasteiger partial charge in [-0.05, 0) is 13.8 Å². The molecule has 5 heteroatoms. The molecule has 13 heavy (non-hydrogen) atoms. The Morgan fingerprint density at radius 3 is 2.54 bits per heavy atom. The van der Waals surface area contributed by atoms with Crippen molar-refractivity contribution in [3.05, 3.63) is 0 Å². The molecule has 0 aliphatic carbocycles. The smallest absolute Gasteiger partial charge is 0.245 e. The van der Waals surface area contributed by atoms with Crippen molar-refractivity contribution in [3.63, 3.8) is 0 Å². The van der Waals surface area contributed by atoms with Crippen molar-refractivity contribution < 1.29 is 14.3 Å². The van der Waals surface area contributed by atoms with Crippen molar-refractivity contribution in [2.45, 2.75) is 25.9 Å². The zero-order chi connectivity index (χ0) is 10.3. The molecular formula is C8H16N2O3. The van der Waals surface area contributed by atoms with Gasteiger partial charge in [-0.25, -0.2) is 0 Å². The summed E-state index contributed by atoms with van der Waals surface area (Å²) in [6, 6.07) is -0.551. The van der Waals surface area contributed by atoms with E-state index in [4.69, 9.17) is 4.74 Å². The average Bonchev–Trinajstić information content (AvgIpc) is 2.02. The largest absolute Gasteiger partial charge is 0.382 e. The Morgan fingerprint density at radius 1 is 1.54 bits per heavy atom. The minimum absolute atomic E-state index is 0.0558. The number of nitrogens with one attached hydrogen (secondary N) is 2. The summed E-state index contributed by atoms with van der Waals surface area (Å²) in [5, 5.41) is 5.04. The molecule has 0 aromatic rings. The van der Waals surface area contributed by atoms with Crippen molar-refractivity contribution >= 4 is 12.3 Å². The summed E-state index contributed by atoms with van der Waals surface area (Å²) in [6.07, 6.45) is 0.490. The highest BCUT2D eigenvalue weighted by Crippen LogP contribution is 1.86. The molecular weight excluding hydrogens is 172 g/mol. The van der Waals surface area contributed by atoms with E-state index >= 15 is 0 Å². The van der Waals surface area contributed by atoms with Crippen LogP contribution in [-0.2, 0) is 14.3 Å². The molecule has 0 spiro atoms. The molecule has 0 saturated heterocycles. The maximum absolute atomic E-state index is 11.3. The highest BCUT2D eigenvalue weighted by atomic mass is 16.5. The van der Waals surface area contributed by atoms with E-state index < -0.39 is 6.04 Å². The second-order valence-electron chi connectivity index (χ2n) is 2.96. The van der Waals surface area contributed by atoms with Gasteiger partial charge in [0.05, 0.1) is 6.61 Å². The lowest BCUT2D eigenvalue weighted by molar-refractivity contribution is -0.127. The first-order chi connectivity index (χ1) is 6.11. The second kappa shape index (κ2) is 6.42. The molecule has 0 rings (SSSR count). The molecule has 0 bridgehead atoms. The Kier molecular flexibility index (Phi) is 5.88. The standard InChI is InChI=1S/C8H16N2O3/c1-6(2)10-8(12)7(4-13-3)9-5-11/h5-7H,4H2,1-3H3,(H,9,11)(H,10,12). The fourth-order valence-electron chi connectivity index (χ4n) is 0.833. The van der Waals surface area contributed by atoms with Crippen LogP contribution in [0.1, 0.15) is 13.8 Å². The summed E-state index contributed by atoms with van der Waals surface area (Å²) in [7, 11) is 1.47. The number of methoxy groups -OCH3 is 1. The molecule has 0 radical (unpaired) electrons. The normalized spacial score (nSPS) is 12.3. The van der Waals surface area contributed by atoms with Gasteiger partial charge in [-0.1, -0.05) is 0 Å². The highest BCUT2D eigenvalue weighted by Gasteiger charge is 2.17. The van der Waals surface area contributed by atoms with Crippen molar-refractivity contribution in [2.75, 3.05) is 13.7 Å². The second-order valence-corrected chi connectivity index (χ2v) is 2.96. The molecule has 5 nitrogen and oxygen atoms in total. The molecule has 2 N–H and O–H groups in total. The summed E-state index contributed by atoms with van der Waals surface area (Å²) < 4.78 is 4.78. The SMILES string of the molecule is COCC(NC=O)C(=O)NC(C)C. The lowest BCUT2D eigenvalue weighted by atomic mass is 10.2. The van der Waals surface area contributed by atoms with Crippen molar-refractivity contribution in [2.24, 2.45) is 0 Å². The quantitative estimate of drug-likeness (QED) is 0.540. The van der Waals surface area contributed by atoms with E-state index in [2.05, 4.69) is 10.6 Å². The van der Waals surface area contributed by atoms with Crippen molar-refractivity contribution in [3.8, 4) is 0 Å². The molecule has 0 saturated carbocycles. The maximum Gasteiger partial charge on any atom is 0.245 e. The van der Waals surface area contributed by atoms with Gasteiger partial charge in [-0.3, -0.25) is 9.59 Å². The molecule has 1 atom stereocenters. The number of carbonyl (C=O) groups excluding carboxylic acids is 2. The molecule has 2 amide bonds. The van der Waals surface area contributed by atoms with Crippen LogP contribution >= 0.6 is 0 Å². The minimum atomic E-state index is -0.607. The monoisotopic (exact) mass is 188 g/mol. The zero-order valence-corrected chi connectivity index (χ0v) is 8.16. The molecule has 0 aliphatic heterocycles. The van der Waals surface area contributed by atoms with Gasteiger partial charge in [0, 0.05) is 13.2 Å². The van der Waals surface area contributed by atoms with Crippen molar-refractivity contribution in [1.29, 1.82) is 0 Å². The number of ether oxygens (including phenoxy) is 1. The average molecular weight is 188 g/mol. The highest BCUT2D eigenvalue weighted by molar-refractivity contribution is 5.83. The fourth-order valence-corrected chi connectivity index (χ4v) is 0.833. The molecule has 0 fully saturated rings. The van der Waals surface area contributed by atoms with Crippen molar-refractivity contribution in [1.82, 2.24) is 10.6 Å². The first kappa shape index (κ1) is 11.9. The number of rotatable bonds is 6. The van der Waals surface area contributed by atoms with Crippen LogP contribution in [0.15, 0.2) is 0 Å². The summed E-state index contributed by atoms with van der Waals surface area (Å²) in [5.74, 6) is -0.232. The van der Waals surface area contributed by atoms with E-state index in [-0.39, 0.29) is 18.6 Å². The van der Waals surface area contributed by atoms with Crippen LogP contribution in [0.25, 0.3) is 0 Å². The predicted octanol–water partition coefficient (Wildman–Crippen LogP) is -0.728. The van der Waals surface area contributed by atoms with E-state index in [9.17, 15) is 9.59 Å². The molecule has 0 aliphatic rings. The van der Waals surface area contributed by atoms with Crippen LogP contribution in [0.4, 0.5) is 0 Å². The van der Waals surface area contributed by atoms with Gasteiger partial charge < -0.3 is 15.4 Å². The van der Waals surface area contributed by atoms with Gasteiger partial charge in [0.2, 0.25) is 12.3 Å². The number of amides is 2. The van der Waals surface area contributed by atoms with Crippen LogP contribution in [0, 0.1) is 0 Å². The van der Waals surface area contributed by atoms with E-state index in [0.29, 0.717) is 6.41 Å². The van der Waals surface area contributed by atoms with Gasteiger partial charge in [0.15, 0.2) is 0 Å². The van der Waals surface area contributed by atoms with Crippen LogP contribution in [-0.4, -0.2) is 38.1 Å². The van der Waals surface area contributed by atoms with Gasteiger partial charge in [-0.15, -0.1) is 0 Å². The van der Waals surface area contributed by atoms with Crippen LogP contribution in [0.3, 0.4) is 0 Å². The zero-order valence-electron chi connectivity index (χ0n) is 8.16. The number of hydrogen-bond donors (Lipinski definition) is 2. The molecule has 0 aromatic heterocycles. The van der Waals surface area contributed by atoms with Gasteiger partial charge in [0.25, 0.3) is 0 Å². The Morgan fingerprint density at radius 2 is 2.15 bits per heavy atom. The Labute approximate surface area is 77.8 Å². The lowest BCUT2D eigenvalue weighted by Gasteiger charge is -2.16. The third kappa shape index (κ3) is 5.19. The molecule has 0 heterocycles. The Bertz CT molecular complexity index is 171. The number of carbonyl (C=O) groups is 2. The summed E-state index contributed by atoms with van der Waals surface area (Å²) in [5.41, 5.74) is 0. The molecule has 0 aromatic carbocycles. The molecule has 76 valence electrons. The third-order valence-electron chi connectivity index (χ3n) is 1.35. The van der Waals surface area contributed by atoms with E-state index in [1.165, 1.54) is 7.11 Å².